The SMILES string of the molecule is CC(C)(C)N1C[PH+](C2CCCCC2)CN(C(C)(C)C)C[PH+](C2CCCCC2)C1.CC(C)(C)N1C[PH+](C2CCCCC2)CN(C(C)(C)C)C[PH+](C2CCCCC2)C1.F[B-](F)(F)F.[Ni]. The molecule has 4 saturated carbocycles. The monoisotopic (exact) mass is 1000 g/mol. The van der Waals surface area contributed by atoms with Crippen LogP contribution >= 0.6 is 31.7 Å². The van der Waals surface area contributed by atoms with Gasteiger partial charge in [-0.25, -0.2) is 19.6 Å². The predicted molar refractivity (Wildman–Crippen MR) is 276 cm³/mol. The molecule has 4 nitrogen and oxygen atoms in total. The molecular formula is C48H100BF4N4NiP4+3. The zero-order chi connectivity index (χ0) is 45.2. The van der Waals surface area contributed by atoms with Crippen LogP contribution in [0.3, 0.4) is 0 Å². The second kappa shape index (κ2) is 26.2. The van der Waals surface area contributed by atoms with Crippen molar-refractivity contribution in [1.82, 2.24) is 19.6 Å². The van der Waals surface area contributed by atoms with E-state index in [1.54, 1.807) is 0 Å². The summed E-state index contributed by atoms with van der Waals surface area (Å²) in [6, 6.07) is 0. The molecule has 62 heavy (non-hydrogen) atoms. The summed E-state index contributed by atoms with van der Waals surface area (Å²) in [5, 5.41) is 0. The zero-order valence-electron chi connectivity index (χ0n) is 42.3. The topological polar surface area (TPSA) is 13.0 Å². The first-order valence-corrected chi connectivity index (χ1v) is 33.5. The molecule has 4 aliphatic carbocycles. The summed E-state index contributed by atoms with van der Waals surface area (Å²) >= 11 is 0. The van der Waals surface area contributed by atoms with Gasteiger partial charge in [-0.1, -0.05) is 25.7 Å². The molecule has 0 amide bonds. The summed E-state index contributed by atoms with van der Waals surface area (Å²) in [5.74, 6) is 0. The molecule has 0 spiro atoms. The van der Waals surface area contributed by atoms with Crippen molar-refractivity contribution in [2.75, 3.05) is 50.3 Å². The fourth-order valence-corrected chi connectivity index (χ4v) is 28.2. The first kappa shape index (κ1) is 58.2. The summed E-state index contributed by atoms with van der Waals surface area (Å²) in [7, 11) is -7.42. The van der Waals surface area contributed by atoms with Crippen LogP contribution in [-0.4, -0.2) is 122 Å². The van der Waals surface area contributed by atoms with Gasteiger partial charge in [0.15, 0.2) is 0 Å². The second-order valence-electron chi connectivity index (χ2n) is 24.6. The van der Waals surface area contributed by atoms with Gasteiger partial charge in [-0.2, -0.15) is 0 Å². The van der Waals surface area contributed by atoms with Crippen molar-refractivity contribution in [2.45, 2.75) is 256 Å². The third-order valence-electron chi connectivity index (χ3n) is 15.7. The molecule has 0 unspecified atom stereocenters. The van der Waals surface area contributed by atoms with Gasteiger partial charge in [-0.3, -0.25) is 0 Å². The summed E-state index contributed by atoms with van der Waals surface area (Å²) < 4.78 is 39.0. The summed E-state index contributed by atoms with van der Waals surface area (Å²) in [6.07, 6.45) is 41.8. The van der Waals surface area contributed by atoms with Gasteiger partial charge in [-0.15, -0.1) is 0 Å². The van der Waals surface area contributed by atoms with E-state index in [0.29, 0.717) is 22.2 Å². The molecule has 0 aromatic heterocycles. The van der Waals surface area contributed by atoms with E-state index in [2.05, 4.69) is 103 Å². The first-order valence-electron chi connectivity index (χ1n) is 25.5. The molecule has 0 N–H and O–H groups in total. The Morgan fingerprint density at radius 2 is 0.435 bits per heavy atom. The van der Waals surface area contributed by atoms with E-state index in [-0.39, 0.29) is 48.2 Å². The molecule has 370 valence electrons. The summed E-state index contributed by atoms with van der Waals surface area (Å²) in [4.78, 5) is 12.0. The maximum atomic E-state index is 9.75. The molecule has 2 aliphatic heterocycles. The molecule has 0 aromatic rings. The average molecular weight is 1000 g/mol. The van der Waals surface area contributed by atoms with Crippen LogP contribution in [0.25, 0.3) is 0 Å². The van der Waals surface area contributed by atoms with Crippen molar-refractivity contribution in [3.05, 3.63) is 0 Å². The van der Waals surface area contributed by atoms with Crippen molar-refractivity contribution in [3.63, 3.8) is 0 Å². The Kier molecular flexibility index (Phi) is 24.5. The number of rotatable bonds is 4. The Hall–Kier alpha value is 1.84. The third kappa shape index (κ3) is 20.4. The minimum atomic E-state index is -6.00. The average Bonchev–Trinajstić information content (AvgIpc) is 3.14. The van der Waals surface area contributed by atoms with Crippen molar-refractivity contribution < 1.29 is 33.8 Å². The van der Waals surface area contributed by atoms with Crippen molar-refractivity contribution in [1.29, 1.82) is 0 Å². The standard InChI is InChI=1S/2C24H48N2P2.BF4.Ni/c2*1-23(2,3)25-17-27(21-13-9-7-10-14-21)19-26(24(4,5)6)20-28(18-25)22-15-11-8-12-16-22;2-1(3,4)5;/h2*21-22H,7-20H2,1-6H3;;/q;;-1;/p+4. The summed E-state index contributed by atoms with van der Waals surface area (Å²) in [5.41, 5.74) is 5.65. The molecule has 2 heterocycles. The third-order valence-corrected chi connectivity index (χ3v) is 28.9. The largest absolute Gasteiger partial charge is 0.673 e. The Morgan fingerprint density at radius 1 is 0.306 bits per heavy atom. The van der Waals surface area contributed by atoms with Gasteiger partial charge >= 0.3 is 7.25 Å². The van der Waals surface area contributed by atoms with E-state index in [1.165, 1.54) is 179 Å². The molecule has 2 saturated heterocycles. The molecule has 6 fully saturated rings. The van der Waals surface area contributed by atoms with E-state index in [1.807, 2.05) is 0 Å². The molecule has 6 aliphatic rings. The Balaban J connectivity index is 0.000000294. The first-order chi connectivity index (χ1) is 28.3. The number of hydrogen-bond acceptors (Lipinski definition) is 4. The Bertz CT molecular complexity index is 1030. The van der Waals surface area contributed by atoms with E-state index < -0.39 is 7.25 Å². The van der Waals surface area contributed by atoms with Crippen LogP contribution in [0.1, 0.15) is 212 Å². The van der Waals surface area contributed by atoms with Gasteiger partial charge in [0, 0.05) is 70.3 Å². The second-order valence-corrected chi connectivity index (χ2v) is 35.6. The maximum absolute atomic E-state index is 9.75. The molecule has 0 radical (unpaired) electrons. The normalized spacial score (nSPS) is 29.4. The minimum absolute atomic E-state index is 0. The fourth-order valence-electron chi connectivity index (χ4n) is 11.4. The van der Waals surface area contributed by atoms with Crippen LogP contribution in [0.15, 0.2) is 0 Å². The van der Waals surface area contributed by atoms with Crippen LogP contribution in [0.4, 0.5) is 17.3 Å². The maximum Gasteiger partial charge on any atom is 0.673 e. The molecule has 14 heteroatoms. The van der Waals surface area contributed by atoms with Gasteiger partial charge in [-0.05, 0) is 186 Å². The van der Waals surface area contributed by atoms with Crippen LogP contribution in [0.2, 0.25) is 0 Å². The molecule has 0 aromatic carbocycles. The van der Waals surface area contributed by atoms with Crippen LogP contribution in [0.5, 0.6) is 0 Å². The Labute approximate surface area is 396 Å². The van der Waals surface area contributed by atoms with E-state index in [4.69, 9.17) is 0 Å². The van der Waals surface area contributed by atoms with Crippen LogP contribution < -0.4 is 0 Å². The quantitative estimate of drug-likeness (QED) is 0.158. The molecule has 0 atom stereocenters. The van der Waals surface area contributed by atoms with Crippen molar-refractivity contribution >= 4 is 38.9 Å². The van der Waals surface area contributed by atoms with Gasteiger partial charge in [0.05, 0.1) is 22.6 Å². The smallest absolute Gasteiger partial charge is 0.418 e. The fraction of sp³-hybridized carbons (Fsp3) is 1.00. The predicted octanol–water partition coefficient (Wildman–Crippen LogP) is 15.5. The van der Waals surface area contributed by atoms with Crippen LogP contribution in [0, 0.1) is 0 Å². The number of nitrogens with zero attached hydrogens (tertiary/aromatic N) is 4. The van der Waals surface area contributed by atoms with Gasteiger partial charge in [0.2, 0.25) is 0 Å². The van der Waals surface area contributed by atoms with Crippen LogP contribution in [-0.2, 0) is 16.5 Å². The van der Waals surface area contributed by atoms with E-state index >= 15 is 0 Å². The minimum Gasteiger partial charge on any atom is -0.418 e. The molecular weight excluding hydrogens is 902 g/mol. The van der Waals surface area contributed by atoms with E-state index in [9.17, 15) is 17.3 Å². The van der Waals surface area contributed by atoms with Gasteiger partial charge < -0.3 is 17.3 Å². The van der Waals surface area contributed by atoms with Gasteiger partial charge in [0.25, 0.3) is 0 Å². The Morgan fingerprint density at radius 3 is 0.548 bits per heavy atom. The van der Waals surface area contributed by atoms with Gasteiger partial charge in [0.1, 0.15) is 50.3 Å². The summed E-state index contributed by atoms with van der Waals surface area (Å²) in [6.45, 7) is 30.0. The van der Waals surface area contributed by atoms with E-state index in [0.717, 1.165) is 22.6 Å². The molecule has 6 rings (SSSR count). The number of halogens is 4. The molecule has 0 bridgehead atoms. The van der Waals surface area contributed by atoms with Crippen molar-refractivity contribution in [3.8, 4) is 0 Å². The number of hydrogen-bond donors (Lipinski definition) is 0. The van der Waals surface area contributed by atoms with Crippen molar-refractivity contribution in [2.24, 2.45) is 0 Å². The zero-order valence-corrected chi connectivity index (χ0v) is 47.3.